The molecule has 0 amide bonds. The van der Waals surface area contributed by atoms with E-state index in [1.807, 2.05) is 35.7 Å². The number of benzene rings is 1. The Balaban J connectivity index is 2.14. The van der Waals surface area contributed by atoms with Gasteiger partial charge in [-0.3, -0.25) is 4.98 Å². The number of fused-ring (bicyclic) bond motifs is 1. The second kappa shape index (κ2) is 5.05. The van der Waals surface area contributed by atoms with Crippen LogP contribution in [0.5, 0.6) is 0 Å². The lowest BCUT2D eigenvalue weighted by atomic mass is 10.0. The van der Waals surface area contributed by atoms with Gasteiger partial charge in [-0.05, 0) is 23.8 Å². The first-order valence-electron chi connectivity index (χ1n) is 5.87. The third-order valence-electron chi connectivity index (χ3n) is 2.89. The van der Waals surface area contributed by atoms with Crippen molar-refractivity contribution in [2.45, 2.75) is 0 Å². The standard InChI is InChI=1S/C16H10N2S/c17-9-13(8-12-4-3-7-18-10-12)15-11-19-16-6-2-1-5-14(15)16/h1-8,10-11H/b13-8-. The van der Waals surface area contributed by atoms with Crippen molar-refractivity contribution in [3.63, 3.8) is 0 Å². The molecule has 2 aromatic heterocycles. The van der Waals surface area contributed by atoms with E-state index in [4.69, 9.17) is 0 Å². The fourth-order valence-corrected chi connectivity index (χ4v) is 2.95. The number of pyridine rings is 1. The molecule has 0 N–H and O–H groups in total. The molecule has 90 valence electrons. The highest BCUT2D eigenvalue weighted by Crippen LogP contribution is 2.31. The molecule has 0 fully saturated rings. The van der Waals surface area contributed by atoms with Crippen LogP contribution in [0.1, 0.15) is 11.1 Å². The zero-order valence-electron chi connectivity index (χ0n) is 10.1. The molecular weight excluding hydrogens is 252 g/mol. The summed E-state index contributed by atoms with van der Waals surface area (Å²) in [6.45, 7) is 0. The van der Waals surface area contributed by atoms with Crippen molar-refractivity contribution in [3.05, 3.63) is 65.3 Å². The smallest absolute Gasteiger partial charge is 0.0998 e. The third kappa shape index (κ3) is 2.26. The molecule has 0 atom stereocenters. The van der Waals surface area contributed by atoms with Gasteiger partial charge in [0.2, 0.25) is 0 Å². The molecule has 0 bridgehead atoms. The number of thiophene rings is 1. The van der Waals surface area contributed by atoms with E-state index >= 15 is 0 Å². The third-order valence-corrected chi connectivity index (χ3v) is 3.85. The number of hydrogen-bond donors (Lipinski definition) is 0. The van der Waals surface area contributed by atoms with Crippen molar-refractivity contribution in [2.75, 3.05) is 0 Å². The molecule has 19 heavy (non-hydrogen) atoms. The molecule has 0 radical (unpaired) electrons. The first-order chi connectivity index (χ1) is 9.38. The first-order valence-corrected chi connectivity index (χ1v) is 6.75. The molecular formula is C16H10N2S. The Hall–Kier alpha value is -2.44. The number of hydrogen-bond acceptors (Lipinski definition) is 3. The second-order valence-corrected chi connectivity index (χ2v) is 5.01. The molecule has 0 aliphatic carbocycles. The lowest BCUT2D eigenvalue weighted by molar-refractivity contribution is 1.32. The van der Waals surface area contributed by atoms with E-state index < -0.39 is 0 Å². The fraction of sp³-hybridized carbons (Fsp3) is 0. The lowest BCUT2D eigenvalue weighted by Crippen LogP contribution is -1.81. The van der Waals surface area contributed by atoms with E-state index in [1.165, 1.54) is 4.70 Å². The van der Waals surface area contributed by atoms with Crippen molar-refractivity contribution in [1.29, 1.82) is 5.26 Å². The Kier molecular flexibility index (Phi) is 3.09. The molecule has 0 spiro atoms. The van der Waals surface area contributed by atoms with Gasteiger partial charge in [0.25, 0.3) is 0 Å². The van der Waals surface area contributed by atoms with Crippen LogP contribution >= 0.6 is 11.3 Å². The maximum Gasteiger partial charge on any atom is 0.0998 e. The van der Waals surface area contributed by atoms with Crippen LogP contribution in [-0.2, 0) is 0 Å². The van der Waals surface area contributed by atoms with Crippen LogP contribution < -0.4 is 0 Å². The molecule has 3 aromatic rings. The summed E-state index contributed by atoms with van der Waals surface area (Å²) in [6.07, 6.45) is 5.36. The summed E-state index contributed by atoms with van der Waals surface area (Å²) in [5, 5.41) is 12.6. The zero-order valence-corrected chi connectivity index (χ0v) is 10.9. The van der Waals surface area contributed by atoms with E-state index in [9.17, 15) is 5.26 Å². The minimum Gasteiger partial charge on any atom is -0.264 e. The molecule has 2 heterocycles. The van der Waals surface area contributed by atoms with Gasteiger partial charge in [-0.25, -0.2) is 0 Å². The summed E-state index contributed by atoms with van der Waals surface area (Å²) in [5.41, 5.74) is 2.60. The maximum absolute atomic E-state index is 9.38. The van der Waals surface area contributed by atoms with Gasteiger partial charge in [0, 0.05) is 33.4 Å². The molecule has 2 nitrogen and oxygen atoms in total. The number of nitrogens with zero attached hydrogens (tertiary/aromatic N) is 2. The van der Waals surface area contributed by atoms with Crippen LogP contribution in [0, 0.1) is 11.3 Å². The molecule has 3 heteroatoms. The van der Waals surface area contributed by atoms with Crippen molar-refractivity contribution in [2.24, 2.45) is 0 Å². The van der Waals surface area contributed by atoms with E-state index in [-0.39, 0.29) is 0 Å². The van der Waals surface area contributed by atoms with Crippen molar-refractivity contribution < 1.29 is 0 Å². The van der Waals surface area contributed by atoms with Gasteiger partial charge in [0.05, 0.1) is 11.6 Å². The van der Waals surface area contributed by atoms with Gasteiger partial charge in [0.15, 0.2) is 0 Å². The minimum atomic E-state index is 0.672. The molecule has 1 aromatic carbocycles. The Morgan fingerprint density at radius 1 is 1.21 bits per heavy atom. The van der Waals surface area contributed by atoms with E-state index in [2.05, 4.69) is 23.2 Å². The molecule has 3 rings (SSSR count). The normalized spacial score (nSPS) is 11.4. The van der Waals surface area contributed by atoms with Gasteiger partial charge in [0.1, 0.15) is 0 Å². The summed E-state index contributed by atoms with van der Waals surface area (Å²) < 4.78 is 1.20. The van der Waals surface area contributed by atoms with Crippen LogP contribution in [0.2, 0.25) is 0 Å². The van der Waals surface area contributed by atoms with Crippen molar-refractivity contribution in [3.8, 4) is 6.07 Å². The number of nitriles is 1. The molecule has 0 unspecified atom stereocenters. The average Bonchev–Trinajstić information content (AvgIpc) is 2.90. The highest BCUT2D eigenvalue weighted by atomic mass is 32.1. The van der Waals surface area contributed by atoms with Gasteiger partial charge >= 0.3 is 0 Å². The summed E-state index contributed by atoms with van der Waals surface area (Å²) in [7, 11) is 0. The lowest BCUT2D eigenvalue weighted by Gasteiger charge is -1.98. The van der Waals surface area contributed by atoms with Gasteiger partial charge < -0.3 is 0 Å². The Labute approximate surface area is 115 Å². The Bertz CT molecular complexity index is 779. The fourth-order valence-electron chi connectivity index (χ4n) is 1.98. The van der Waals surface area contributed by atoms with Gasteiger partial charge in [-0.15, -0.1) is 11.3 Å². The average molecular weight is 262 g/mol. The molecule has 0 saturated carbocycles. The van der Waals surface area contributed by atoms with Crippen LogP contribution in [0.4, 0.5) is 0 Å². The van der Waals surface area contributed by atoms with Crippen LogP contribution in [-0.4, -0.2) is 4.98 Å². The Morgan fingerprint density at radius 2 is 2.11 bits per heavy atom. The SMILES string of the molecule is N#C/C(=C/c1cccnc1)c1csc2ccccc12. The largest absolute Gasteiger partial charge is 0.264 e. The highest BCUT2D eigenvalue weighted by Gasteiger charge is 2.08. The molecule has 0 aliphatic rings. The Morgan fingerprint density at radius 3 is 2.89 bits per heavy atom. The van der Waals surface area contributed by atoms with Crippen molar-refractivity contribution >= 4 is 33.1 Å². The van der Waals surface area contributed by atoms with Crippen molar-refractivity contribution in [1.82, 2.24) is 4.98 Å². The number of allylic oxidation sites excluding steroid dienone is 1. The maximum atomic E-state index is 9.38. The van der Waals surface area contributed by atoms with Crippen LogP contribution in [0.15, 0.2) is 54.2 Å². The van der Waals surface area contributed by atoms with Gasteiger partial charge in [-0.2, -0.15) is 5.26 Å². The monoisotopic (exact) mass is 262 g/mol. The highest BCUT2D eigenvalue weighted by molar-refractivity contribution is 7.17. The van der Waals surface area contributed by atoms with Crippen LogP contribution in [0.3, 0.4) is 0 Å². The number of aromatic nitrogens is 1. The van der Waals surface area contributed by atoms with E-state index in [1.54, 1.807) is 23.7 Å². The van der Waals surface area contributed by atoms with E-state index in [0.29, 0.717) is 5.57 Å². The molecule has 0 aliphatic heterocycles. The number of rotatable bonds is 2. The first kappa shape index (κ1) is 11.6. The second-order valence-electron chi connectivity index (χ2n) is 4.10. The van der Waals surface area contributed by atoms with E-state index in [0.717, 1.165) is 16.5 Å². The summed E-state index contributed by atoms with van der Waals surface area (Å²) in [5.74, 6) is 0. The predicted molar refractivity (Wildman–Crippen MR) is 79.5 cm³/mol. The molecule has 0 saturated heterocycles. The minimum absolute atomic E-state index is 0.672. The summed E-state index contributed by atoms with van der Waals surface area (Å²) in [4.78, 5) is 4.06. The zero-order chi connectivity index (χ0) is 13.1. The van der Waals surface area contributed by atoms with Gasteiger partial charge in [-0.1, -0.05) is 24.3 Å². The predicted octanol–water partition coefficient (Wildman–Crippen LogP) is 4.36. The summed E-state index contributed by atoms with van der Waals surface area (Å²) >= 11 is 1.66. The topological polar surface area (TPSA) is 36.7 Å². The summed E-state index contributed by atoms with van der Waals surface area (Å²) in [6, 6.07) is 14.2. The van der Waals surface area contributed by atoms with Crippen LogP contribution in [0.25, 0.3) is 21.7 Å². The quantitative estimate of drug-likeness (QED) is 0.643.